The molecule has 2 rings (SSSR count). The molecular weight excluding hydrogens is 438 g/mol. The van der Waals surface area contributed by atoms with Gasteiger partial charge in [0.15, 0.2) is 0 Å². The van der Waals surface area contributed by atoms with E-state index in [2.05, 4.69) is 18.8 Å². The van der Waals surface area contributed by atoms with Gasteiger partial charge in [0, 0.05) is 58.7 Å². The summed E-state index contributed by atoms with van der Waals surface area (Å²) in [6, 6.07) is 1.81. The minimum absolute atomic E-state index is 0.0249. The second kappa shape index (κ2) is 14.4. The van der Waals surface area contributed by atoms with Gasteiger partial charge in [0.05, 0.1) is 12.2 Å². The molecule has 1 aliphatic heterocycles. The summed E-state index contributed by atoms with van der Waals surface area (Å²) in [5.74, 6) is 0.100. The molecule has 9 heteroatoms. The quantitative estimate of drug-likeness (QED) is 0.660. The Morgan fingerprint density at radius 1 is 1.18 bits per heavy atom. The van der Waals surface area contributed by atoms with Crippen LogP contribution in [0.5, 0.6) is 0 Å². The number of amides is 2. The molecule has 0 radical (unpaired) electrons. The van der Waals surface area contributed by atoms with Crippen LogP contribution in [0.3, 0.4) is 0 Å². The van der Waals surface area contributed by atoms with Crippen LogP contribution in [-0.4, -0.2) is 101 Å². The lowest BCUT2D eigenvalue weighted by Crippen LogP contribution is -2.50. The Hall–Kier alpha value is -2.07. The Kier molecular flexibility index (Phi) is 11.9. The molecule has 1 aliphatic rings. The van der Waals surface area contributed by atoms with E-state index in [1.54, 1.807) is 22.2 Å². The van der Waals surface area contributed by atoms with E-state index in [1.165, 1.54) is 6.92 Å². The Labute approximate surface area is 203 Å². The van der Waals surface area contributed by atoms with Crippen LogP contribution in [0.15, 0.2) is 18.5 Å². The molecule has 0 unspecified atom stereocenters. The molecule has 0 spiro atoms. The van der Waals surface area contributed by atoms with Crippen LogP contribution >= 0.6 is 0 Å². The number of carbonyl (C=O) groups is 2. The highest BCUT2D eigenvalue weighted by molar-refractivity contribution is 5.94. The fourth-order valence-corrected chi connectivity index (χ4v) is 3.78. The van der Waals surface area contributed by atoms with Crippen LogP contribution < -0.4 is 0 Å². The van der Waals surface area contributed by atoms with Crippen molar-refractivity contribution in [3.05, 3.63) is 29.6 Å². The first-order chi connectivity index (χ1) is 16.2. The molecule has 0 saturated carbocycles. The van der Waals surface area contributed by atoms with Gasteiger partial charge in [-0.15, -0.1) is 0 Å². The summed E-state index contributed by atoms with van der Waals surface area (Å²) >= 11 is 0. The van der Waals surface area contributed by atoms with Crippen molar-refractivity contribution in [2.45, 2.75) is 65.3 Å². The summed E-state index contributed by atoms with van der Waals surface area (Å²) < 4.78 is 11.5. The maximum Gasteiger partial charge on any atom is 0.255 e. The molecule has 192 valence electrons. The van der Waals surface area contributed by atoms with Gasteiger partial charge in [-0.25, -0.2) is 0 Å². The maximum atomic E-state index is 13.2. The molecule has 1 aromatic heterocycles. The molecule has 1 saturated heterocycles. The minimum atomic E-state index is -1.20. The highest BCUT2D eigenvalue weighted by Crippen LogP contribution is 2.13. The van der Waals surface area contributed by atoms with Crippen LogP contribution in [-0.2, 0) is 14.3 Å². The first-order valence-corrected chi connectivity index (χ1v) is 12.2. The first-order valence-electron chi connectivity index (χ1n) is 12.2. The molecule has 1 fully saturated rings. The van der Waals surface area contributed by atoms with Crippen molar-refractivity contribution in [3.63, 3.8) is 0 Å². The zero-order chi connectivity index (χ0) is 25.1. The Bertz CT molecular complexity index is 775. The number of aliphatic hydroxyl groups excluding tert-OH is 2. The number of rotatable bonds is 5. The average Bonchev–Trinajstić information content (AvgIpc) is 2.79. The molecule has 9 nitrogen and oxygen atoms in total. The van der Waals surface area contributed by atoms with Crippen molar-refractivity contribution in [2.24, 2.45) is 5.92 Å². The summed E-state index contributed by atoms with van der Waals surface area (Å²) in [6.45, 7) is 9.55. The molecule has 1 aromatic rings. The SMILES string of the molecule is CC(=O)N1CCN(C(=O)c2cncc(C)c2)CCCCOC[C@@H](O)[C@@H](O)[C@H](OCCC(C)C)C1. The van der Waals surface area contributed by atoms with E-state index in [-0.39, 0.29) is 25.0 Å². The standard InChI is InChI=1S/C25H41N3O6/c1-18(2)7-12-34-23-16-28(20(4)29)10-9-27(25(32)21-13-19(3)14-26-15-21)8-5-6-11-33-17-22(30)24(23)31/h13-15,18,22-24,30-31H,5-12,16-17H2,1-4H3/t22-,23-,24-/m1/s1. The predicted molar refractivity (Wildman–Crippen MR) is 128 cm³/mol. The third kappa shape index (κ3) is 9.29. The van der Waals surface area contributed by atoms with E-state index in [1.807, 2.05) is 13.0 Å². The van der Waals surface area contributed by atoms with Crippen molar-refractivity contribution in [1.82, 2.24) is 14.8 Å². The van der Waals surface area contributed by atoms with E-state index in [9.17, 15) is 19.8 Å². The second-order valence-electron chi connectivity index (χ2n) is 9.44. The van der Waals surface area contributed by atoms with Crippen molar-refractivity contribution in [1.29, 1.82) is 0 Å². The third-order valence-corrected chi connectivity index (χ3v) is 5.95. The van der Waals surface area contributed by atoms with Crippen molar-refractivity contribution < 1.29 is 29.3 Å². The highest BCUT2D eigenvalue weighted by Gasteiger charge is 2.30. The first kappa shape index (κ1) is 28.2. The topological polar surface area (TPSA) is 112 Å². The predicted octanol–water partition coefficient (Wildman–Crippen LogP) is 1.64. The Morgan fingerprint density at radius 2 is 1.91 bits per heavy atom. The van der Waals surface area contributed by atoms with Gasteiger partial charge in [-0.3, -0.25) is 14.6 Å². The van der Waals surface area contributed by atoms with Crippen LogP contribution in [0, 0.1) is 12.8 Å². The number of carbonyl (C=O) groups excluding carboxylic acids is 2. The summed E-state index contributed by atoms with van der Waals surface area (Å²) in [7, 11) is 0. The fraction of sp³-hybridized carbons (Fsp3) is 0.720. The Morgan fingerprint density at radius 3 is 2.59 bits per heavy atom. The van der Waals surface area contributed by atoms with Gasteiger partial charge < -0.3 is 29.5 Å². The number of ether oxygens (including phenoxy) is 2. The third-order valence-electron chi connectivity index (χ3n) is 5.95. The van der Waals surface area contributed by atoms with Crippen LogP contribution in [0.1, 0.15) is 56.0 Å². The average molecular weight is 480 g/mol. The number of pyridine rings is 1. The zero-order valence-electron chi connectivity index (χ0n) is 21.0. The van der Waals surface area contributed by atoms with Crippen molar-refractivity contribution >= 4 is 11.8 Å². The van der Waals surface area contributed by atoms with E-state index in [0.717, 1.165) is 12.0 Å². The smallest absolute Gasteiger partial charge is 0.255 e. The number of nitrogens with zero attached hydrogens (tertiary/aromatic N) is 3. The van der Waals surface area contributed by atoms with Crippen molar-refractivity contribution in [2.75, 3.05) is 46.0 Å². The number of hydrogen-bond donors (Lipinski definition) is 2. The summed E-state index contributed by atoms with van der Waals surface area (Å²) in [5, 5.41) is 21.2. The lowest BCUT2D eigenvalue weighted by atomic mass is 10.1. The molecular formula is C25H41N3O6. The summed E-state index contributed by atoms with van der Waals surface area (Å²) in [6.07, 6.45) is 2.38. The second-order valence-corrected chi connectivity index (χ2v) is 9.44. The highest BCUT2D eigenvalue weighted by atomic mass is 16.5. The Balaban J connectivity index is 2.19. The van der Waals surface area contributed by atoms with E-state index in [4.69, 9.17) is 9.47 Å². The molecule has 2 N–H and O–H groups in total. The van der Waals surface area contributed by atoms with Gasteiger partial charge in [-0.1, -0.05) is 13.8 Å². The number of aliphatic hydroxyl groups is 2. The van der Waals surface area contributed by atoms with Crippen LogP contribution in [0.2, 0.25) is 0 Å². The zero-order valence-corrected chi connectivity index (χ0v) is 21.0. The molecule has 2 heterocycles. The number of aromatic nitrogens is 1. The van der Waals surface area contributed by atoms with E-state index >= 15 is 0 Å². The largest absolute Gasteiger partial charge is 0.388 e. The lowest BCUT2D eigenvalue weighted by Gasteiger charge is -2.33. The number of hydrogen-bond acceptors (Lipinski definition) is 7. The van der Waals surface area contributed by atoms with Crippen LogP contribution in [0.4, 0.5) is 0 Å². The van der Waals surface area contributed by atoms with E-state index < -0.39 is 18.3 Å². The number of aryl methyl sites for hydroxylation is 1. The van der Waals surface area contributed by atoms with Gasteiger partial charge in [0.25, 0.3) is 5.91 Å². The molecule has 0 bridgehead atoms. The van der Waals surface area contributed by atoms with Crippen LogP contribution in [0.25, 0.3) is 0 Å². The van der Waals surface area contributed by atoms with Gasteiger partial charge in [0.2, 0.25) is 5.91 Å². The van der Waals surface area contributed by atoms with E-state index in [0.29, 0.717) is 57.2 Å². The van der Waals surface area contributed by atoms with Gasteiger partial charge in [-0.2, -0.15) is 0 Å². The lowest BCUT2D eigenvalue weighted by molar-refractivity contribution is -0.140. The van der Waals surface area contributed by atoms with Gasteiger partial charge in [-0.05, 0) is 43.7 Å². The summed E-state index contributed by atoms with van der Waals surface area (Å²) in [4.78, 5) is 33.1. The van der Waals surface area contributed by atoms with Gasteiger partial charge in [0.1, 0.15) is 18.3 Å². The molecule has 3 atom stereocenters. The minimum Gasteiger partial charge on any atom is -0.388 e. The maximum absolute atomic E-state index is 13.2. The summed E-state index contributed by atoms with van der Waals surface area (Å²) in [5.41, 5.74) is 1.42. The monoisotopic (exact) mass is 479 g/mol. The van der Waals surface area contributed by atoms with Crippen molar-refractivity contribution in [3.8, 4) is 0 Å². The molecule has 2 amide bonds. The fourth-order valence-electron chi connectivity index (χ4n) is 3.78. The van der Waals surface area contributed by atoms with Gasteiger partial charge >= 0.3 is 0 Å². The molecule has 0 aliphatic carbocycles. The molecule has 0 aromatic carbocycles. The normalized spacial score (nSPS) is 23.6. The molecule has 34 heavy (non-hydrogen) atoms.